The van der Waals surface area contributed by atoms with Gasteiger partial charge in [-0.3, -0.25) is 14.5 Å². The van der Waals surface area contributed by atoms with E-state index in [1.807, 2.05) is 30.3 Å². The van der Waals surface area contributed by atoms with Gasteiger partial charge in [0.15, 0.2) is 0 Å². The number of hydrogen-bond acceptors (Lipinski definition) is 3. The lowest BCUT2D eigenvalue weighted by Gasteiger charge is -2.21. The monoisotopic (exact) mass is 507 g/mol. The average Bonchev–Trinajstić information content (AvgIpc) is 2.87. The average molecular weight is 509 g/mol. The van der Waals surface area contributed by atoms with Gasteiger partial charge in [-0.2, -0.15) is 0 Å². The number of carbonyl (C=O) groups is 3. The fraction of sp³-hybridized carbons (Fsp3) is 0.250. The van der Waals surface area contributed by atoms with Crippen molar-refractivity contribution in [2.24, 2.45) is 0 Å². The van der Waals surface area contributed by atoms with Gasteiger partial charge in [-0.05, 0) is 59.5 Å². The summed E-state index contributed by atoms with van der Waals surface area (Å²) in [7, 11) is 0. The largest absolute Gasteiger partial charge is 0.325 e. The number of benzene rings is 2. The van der Waals surface area contributed by atoms with Gasteiger partial charge in [0.2, 0.25) is 5.91 Å². The Morgan fingerprint density at radius 2 is 1.86 bits per heavy atom. The molecule has 1 saturated heterocycles. The molecule has 6 nitrogen and oxygen atoms in total. The zero-order valence-corrected chi connectivity index (χ0v) is 18.3. The first-order valence-electron chi connectivity index (χ1n) is 8.71. The molecule has 2 N–H and O–H groups in total. The number of nitrogens with zero attached hydrogens (tertiary/aromatic N) is 1. The number of rotatable bonds is 6. The number of urea groups is 1. The van der Waals surface area contributed by atoms with Gasteiger partial charge in [-0.15, -0.1) is 0 Å². The van der Waals surface area contributed by atoms with E-state index in [0.717, 1.165) is 14.9 Å². The van der Waals surface area contributed by atoms with Gasteiger partial charge in [0, 0.05) is 8.95 Å². The standard InChI is InChI=1S/C20H19Br2N3O3/c1-20(10-9-13-5-3-2-4-6-13)18(27)25(19(28)24-20)12-17(26)23-16-8-7-14(21)11-15(16)22/h2-8,11H,9-10,12H2,1H3,(H,23,26)(H,24,28). The molecule has 0 aromatic heterocycles. The maximum atomic E-state index is 12.8. The second kappa shape index (κ2) is 8.45. The van der Waals surface area contributed by atoms with Gasteiger partial charge < -0.3 is 10.6 Å². The summed E-state index contributed by atoms with van der Waals surface area (Å²) in [5.41, 5.74) is 0.625. The van der Waals surface area contributed by atoms with Gasteiger partial charge >= 0.3 is 6.03 Å². The van der Waals surface area contributed by atoms with Crippen LogP contribution in [0.3, 0.4) is 0 Å². The van der Waals surface area contributed by atoms with Crippen LogP contribution in [-0.2, 0) is 16.0 Å². The molecule has 0 spiro atoms. The lowest BCUT2D eigenvalue weighted by atomic mass is 9.93. The van der Waals surface area contributed by atoms with E-state index >= 15 is 0 Å². The fourth-order valence-corrected chi connectivity index (χ4v) is 4.17. The topological polar surface area (TPSA) is 78.5 Å². The van der Waals surface area contributed by atoms with Gasteiger partial charge in [0.1, 0.15) is 12.1 Å². The molecule has 1 fully saturated rings. The molecule has 8 heteroatoms. The summed E-state index contributed by atoms with van der Waals surface area (Å²) < 4.78 is 1.56. The molecule has 28 heavy (non-hydrogen) atoms. The van der Waals surface area contributed by atoms with Crippen LogP contribution >= 0.6 is 31.9 Å². The highest BCUT2D eigenvalue weighted by molar-refractivity contribution is 9.11. The summed E-state index contributed by atoms with van der Waals surface area (Å²) in [6.45, 7) is 1.35. The van der Waals surface area contributed by atoms with E-state index in [9.17, 15) is 14.4 Å². The number of hydrogen-bond donors (Lipinski definition) is 2. The molecule has 146 valence electrons. The quantitative estimate of drug-likeness (QED) is 0.577. The Labute approximate surface area is 179 Å². The SMILES string of the molecule is CC1(CCc2ccccc2)NC(=O)N(CC(=O)Nc2ccc(Br)cc2Br)C1=O. The van der Waals surface area contributed by atoms with Crippen molar-refractivity contribution in [2.45, 2.75) is 25.3 Å². The van der Waals surface area contributed by atoms with E-state index in [1.54, 1.807) is 25.1 Å². The zero-order valence-electron chi connectivity index (χ0n) is 15.2. The van der Waals surface area contributed by atoms with Crippen LogP contribution in [0.15, 0.2) is 57.5 Å². The molecule has 4 amide bonds. The Kier molecular flexibility index (Phi) is 6.20. The molecule has 0 radical (unpaired) electrons. The number of nitrogens with one attached hydrogen (secondary N) is 2. The molecule has 0 bridgehead atoms. The van der Waals surface area contributed by atoms with Crippen molar-refractivity contribution in [2.75, 3.05) is 11.9 Å². The minimum Gasteiger partial charge on any atom is -0.323 e. The molecule has 2 aromatic rings. The van der Waals surface area contributed by atoms with E-state index in [0.29, 0.717) is 23.0 Å². The molecule has 2 aromatic carbocycles. The zero-order chi connectivity index (χ0) is 20.3. The highest BCUT2D eigenvalue weighted by atomic mass is 79.9. The lowest BCUT2D eigenvalue weighted by Crippen LogP contribution is -2.45. The second-order valence-corrected chi connectivity index (χ2v) is 8.58. The number of aryl methyl sites for hydroxylation is 1. The van der Waals surface area contributed by atoms with Gasteiger partial charge in [0.05, 0.1) is 5.69 Å². The van der Waals surface area contributed by atoms with Crippen molar-refractivity contribution >= 4 is 55.4 Å². The van der Waals surface area contributed by atoms with Crippen LogP contribution in [0.2, 0.25) is 0 Å². The van der Waals surface area contributed by atoms with Crippen molar-refractivity contribution in [3.8, 4) is 0 Å². The predicted molar refractivity (Wildman–Crippen MR) is 114 cm³/mol. The van der Waals surface area contributed by atoms with E-state index < -0.39 is 23.4 Å². The number of carbonyl (C=O) groups excluding carboxylic acids is 3. The Bertz CT molecular complexity index is 920. The minimum atomic E-state index is -1.02. The van der Waals surface area contributed by atoms with Crippen LogP contribution in [0.4, 0.5) is 10.5 Å². The summed E-state index contributed by atoms with van der Waals surface area (Å²) in [5, 5.41) is 5.44. The highest BCUT2D eigenvalue weighted by Crippen LogP contribution is 2.27. The van der Waals surface area contributed by atoms with E-state index in [4.69, 9.17) is 0 Å². The summed E-state index contributed by atoms with van der Waals surface area (Å²) in [4.78, 5) is 38.5. The van der Waals surface area contributed by atoms with Crippen molar-refractivity contribution in [3.63, 3.8) is 0 Å². The number of imide groups is 1. The Hall–Kier alpha value is -2.19. The third kappa shape index (κ3) is 4.62. The molecular weight excluding hydrogens is 490 g/mol. The molecule has 0 saturated carbocycles. The number of halogens is 2. The van der Waals surface area contributed by atoms with Crippen LogP contribution in [-0.4, -0.2) is 34.8 Å². The van der Waals surface area contributed by atoms with Crippen molar-refractivity contribution in [1.29, 1.82) is 0 Å². The predicted octanol–water partition coefficient (Wildman–Crippen LogP) is 4.09. The first-order valence-corrected chi connectivity index (χ1v) is 10.3. The molecule has 1 aliphatic heterocycles. The van der Waals surface area contributed by atoms with Crippen molar-refractivity contribution in [1.82, 2.24) is 10.2 Å². The summed E-state index contributed by atoms with van der Waals surface area (Å²) in [5.74, 6) is -0.836. The first-order chi connectivity index (χ1) is 13.3. The molecule has 1 unspecified atom stereocenters. The van der Waals surface area contributed by atoms with Gasteiger partial charge in [-0.1, -0.05) is 46.3 Å². The molecule has 3 rings (SSSR count). The maximum Gasteiger partial charge on any atom is 0.325 e. The Morgan fingerprint density at radius 1 is 1.14 bits per heavy atom. The maximum absolute atomic E-state index is 12.8. The summed E-state index contributed by atoms with van der Waals surface area (Å²) in [6, 6.07) is 14.5. The normalized spacial score (nSPS) is 18.9. The van der Waals surface area contributed by atoms with E-state index in [2.05, 4.69) is 42.5 Å². The van der Waals surface area contributed by atoms with Gasteiger partial charge in [0.25, 0.3) is 5.91 Å². The van der Waals surface area contributed by atoms with E-state index in [1.165, 1.54) is 0 Å². The van der Waals surface area contributed by atoms with Crippen LogP contribution in [0.25, 0.3) is 0 Å². The van der Waals surface area contributed by atoms with Crippen LogP contribution in [0, 0.1) is 0 Å². The Balaban J connectivity index is 1.63. The molecule has 1 heterocycles. The Morgan fingerprint density at radius 3 is 2.54 bits per heavy atom. The summed E-state index contributed by atoms with van der Waals surface area (Å²) >= 11 is 6.71. The van der Waals surface area contributed by atoms with Crippen molar-refractivity contribution < 1.29 is 14.4 Å². The van der Waals surface area contributed by atoms with Crippen molar-refractivity contribution in [3.05, 3.63) is 63.0 Å². The second-order valence-electron chi connectivity index (χ2n) is 6.81. The number of amides is 4. The van der Waals surface area contributed by atoms with Gasteiger partial charge in [-0.25, -0.2) is 4.79 Å². The molecular formula is C20H19Br2N3O3. The molecule has 0 aliphatic carbocycles. The lowest BCUT2D eigenvalue weighted by molar-refractivity contribution is -0.133. The molecule has 1 atom stereocenters. The summed E-state index contributed by atoms with van der Waals surface area (Å²) in [6.07, 6.45) is 1.10. The van der Waals surface area contributed by atoms with Crippen LogP contribution in [0.5, 0.6) is 0 Å². The minimum absolute atomic E-state index is 0.339. The highest BCUT2D eigenvalue weighted by Gasteiger charge is 2.47. The number of anilines is 1. The third-order valence-corrected chi connectivity index (χ3v) is 5.76. The molecule has 1 aliphatic rings. The fourth-order valence-electron chi connectivity index (χ4n) is 3.02. The van der Waals surface area contributed by atoms with Crippen LogP contribution in [0.1, 0.15) is 18.9 Å². The first kappa shape index (κ1) is 20.5. The smallest absolute Gasteiger partial charge is 0.323 e. The van der Waals surface area contributed by atoms with E-state index in [-0.39, 0.29) is 6.54 Å². The third-order valence-electron chi connectivity index (χ3n) is 4.61. The van der Waals surface area contributed by atoms with Crippen LogP contribution < -0.4 is 10.6 Å².